The molecule has 2 aromatic rings. The van der Waals surface area contributed by atoms with E-state index in [9.17, 15) is 0 Å². The number of nitrogens with zero attached hydrogens (tertiary/aromatic N) is 6. The van der Waals surface area contributed by atoms with Gasteiger partial charge in [-0.05, 0) is 35.0 Å². The van der Waals surface area contributed by atoms with Crippen molar-refractivity contribution in [2.24, 2.45) is 5.84 Å². The van der Waals surface area contributed by atoms with Crippen molar-refractivity contribution in [2.45, 2.75) is 29.1 Å². The molecule has 2 heterocycles. The zero-order chi connectivity index (χ0) is 11.7. The molecule has 8 nitrogen and oxygen atoms in total. The number of rotatable bonds is 4. The Morgan fingerprint density at radius 1 is 1.41 bits per heavy atom. The molecule has 0 bridgehead atoms. The highest BCUT2D eigenvalue weighted by Crippen LogP contribution is 2.37. The summed E-state index contributed by atoms with van der Waals surface area (Å²) in [6.07, 6.45) is 5.47. The van der Waals surface area contributed by atoms with Gasteiger partial charge in [0.2, 0.25) is 5.16 Å². The third-order valence-electron chi connectivity index (χ3n) is 2.31. The highest BCUT2D eigenvalue weighted by atomic mass is 32.2. The average Bonchev–Trinajstić information content (AvgIpc) is 3.11. The van der Waals surface area contributed by atoms with Crippen molar-refractivity contribution in [2.75, 3.05) is 5.43 Å². The minimum atomic E-state index is 0.441. The van der Waals surface area contributed by atoms with Gasteiger partial charge in [0.25, 0.3) is 0 Å². The fourth-order valence-corrected chi connectivity index (χ4v) is 2.16. The summed E-state index contributed by atoms with van der Waals surface area (Å²) < 4.78 is 1.83. The Morgan fingerprint density at radius 2 is 2.29 bits per heavy atom. The van der Waals surface area contributed by atoms with E-state index in [0.29, 0.717) is 16.9 Å². The lowest BCUT2D eigenvalue weighted by Gasteiger charge is -2.02. The molecule has 1 fully saturated rings. The minimum absolute atomic E-state index is 0.441. The van der Waals surface area contributed by atoms with E-state index in [2.05, 4.69) is 30.9 Å². The van der Waals surface area contributed by atoms with E-state index >= 15 is 0 Å². The van der Waals surface area contributed by atoms with E-state index in [4.69, 9.17) is 5.84 Å². The smallest absolute Gasteiger partial charge is 0.215 e. The van der Waals surface area contributed by atoms with Crippen LogP contribution in [-0.2, 0) is 0 Å². The maximum Gasteiger partial charge on any atom is 0.215 e. The third kappa shape index (κ3) is 2.19. The molecule has 2 aromatic heterocycles. The Bertz CT molecular complexity index is 522. The molecule has 0 atom stereocenters. The van der Waals surface area contributed by atoms with Crippen LogP contribution in [0.1, 0.15) is 18.9 Å². The van der Waals surface area contributed by atoms with Crippen molar-refractivity contribution in [3.05, 3.63) is 12.4 Å². The molecular weight excluding hydrogens is 240 g/mol. The number of nitrogens with one attached hydrogen (secondary N) is 1. The van der Waals surface area contributed by atoms with Crippen molar-refractivity contribution in [1.29, 1.82) is 0 Å². The van der Waals surface area contributed by atoms with Gasteiger partial charge in [-0.15, -0.1) is 5.10 Å². The number of anilines is 1. The van der Waals surface area contributed by atoms with Crippen LogP contribution in [0.5, 0.6) is 0 Å². The first-order chi connectivity index (χ1) is 8.36. The van der Waals surface area contributed by atoms with Crippen LogP contribution < -0.4 is 11.3 Å². The first kappa shape index (κ1) is 10.4. The Labute approximate surface area is 101 Å². The molecule has 0 radical (unpaired) electrons. The highest BCUT2D eigenvalue weighted by molar-refractivity contribution is 7.99. The number of nitrogen functional groups attached to an aromatic ring is 1. The molecule has 0 unspecified atom stereocenters. The van der Waals surface area contributed by atoms with E-state index in [-0.39, 0.29) is 0 Å². The number of hydrogen-bond donors (Lipinski definition) is 2. The standard InChI is InChI=1S/C8H10N8S/c9-12-6-3-10-4-7(11-6)17-8-13-14-15-16(8)5-1-2-5/h3-5H,1-2,9H2,(H,11,12). The van der Waals surface area contributed by atoms with Crippen molar-refractivity contribution in [3.63, 3.8) is 0 Å². The first-order valence-electron chi connectivity index (χ1n) is 5.11. The molecule has 88 valence electrons. The van der Waals surface area contributed by atoms with E-state index in [1.165, 1.54) is 11.8 Å². The lowest BCUT2D eigenvalue weighted by molar-refractivity contribution is 0.565. The van der Waals surface area contributed by atoms with Gasteiger partial charge in [0, 0.05) is 0 Å². The van der Waals surface area contributed by atoms with Crippen LogP contribution in [0.4, 0.5) is 5.82 Å². The lowest BCUT2D eigenvalue weighted by atomic mass is 10.7. The quantitative estimate of drug-likeness (QED) is 0.586. The Hall–Kier alpha value is -1.74. The van der Waals surface area contributed by atoms with Crippen LogP contribution in [0.25, 0.3) is 0 Å². The molecule has 1 saturated carbocycles. The fraction of sp³-hybridized carbons (Fsp3) is 0.375. The summed E-state index contributed by atoms with van der Waals surface area (Å²) in [6, 6.07) is 0.441. The Balaban J connectivity index is 1.83. The van der Waals surface area contributed by atoms with Gasteiger partial charge < -0.3 is 5.43 Å². The molecule has 0 saturated heterocycles. The van der Waals surface area contributed by atoms with Crippen LogP contribution in [-0.4, -0.2) is 30.2 Å². The summed E-state index contributed by atoms with van der Waals surface area (Å²) in [5.74, 6) is 5.79. The number of hydrazine groups is 1. The second kappa shape index (κ2) is 4.26. The third-order valence-corrected chi connectivity index (χ3v) is 3.17. The van der Waals surface area contributed by atoms with Crippen molar-refractivity contribution < 1.29 is 0 Å². The van der Waals surface area contributed by atoms with Gasteiger partial charge in [0.15, 0.2) is 5.82 Å². The zero-order valence-corrected chi connectivity index (χ0v) is 9.63. The Kier molecular flexibility index (Phi) is 2.61. The predicted molar refractivity (Wildman–Crippen MR) is 60.1 cm³/mol. The second-order valence-electron chi connectivity index (χ2n) is 3.63. The summed E-state index contributed by atoms with van der Waals surface area (Å²) in [7, 11) is 0. The van der Waals surface area contributed by atoms with Crippen LogP contribution in [0, 0.1) is 0 Å². The normalized spacial score (nSPS) is 14.9. The fourth-order valence-electron chi connectivity index (χ4n) is 1.36. The summed E-state index contributed by atoms with van der Waals surface area (Å²) in [6.45, 7) is 0. The van der Waals surface area contributed by atoms with E-state index < -0.39 is 0 Å². The minimum Gasteiger partial charge on any atom is -0.307 e. The van der Waals surface area contributed by atoms with E-state index in [0.717, 1.165) is 18.0 Å². The van der Waals surface area contributed by atoms with Crippen LogP contribution in [0.3, 0.4) is 0 Å². The van der Waals surface area contributed by atoms with Gasteiger partial charge in [-0.25, -0.2) is 15.5 Å². The maximum atomic E-state index is 5.27. The van der Waals surface area contributed by atoms with Gasteiger partial charge in [-0.1, -0.05) is 0 Å². The monoisotopic (exact) mass is 250 g/mol. The summed E-state index contributed by atoms with van der Waals surface area (Å²) in [5.41, 5.74) is 2.45. The lowest BCUT2D eigenvalue weighted by Crippen LogP contribution is -2.09. The zero-order valence-electron chi connectivity index (χ0n) is 8.82. The van der Waals surface area contributed by atoms with E-state index in [1.807, 2.05) is 4.68 Å². The molecule has 3 rings (SSSR count). The molecular formula is C8H10N8S. The first-order valence-corrected chi connectivity index (χ1v) is 5.93. The predicted octanol–water partition coefficient (Wildman–Crippen LogP) is 0.235. The Morgan fingerprint density at radius 3 is 3.06 bits per heavy atom. The molecule has 17 heavy (non-hydrogen) atoms. The summed E-state index contributed by atoms with van der Waals surface area (Å²) in [5, 5.41) is 13.1. The largest absolute Gasteiger partial charge is 0.307 e. The molecule has 9 heteroatoms. The van der Waals surface area contributed by atoms with Crippen molar-refractivity contribution >= 4 is 17.6 Å². The van der Waals surface area contributed by atoms with E-state index in [1.54, 1.807) is 12.4 Å². The SMILES string of the molecule is NNc1cncc(Sc2nnnn2C2CC2)n1. The molecule has 0 aliphatic heterocycles. The van der Waals surface area contributed by atoms with Crippen LogP contribution in [0.15, 0.2) is 22.6 Å². The average molecular weight is 250 g/mol. The summed E-state index contributed by atoms with van der Waals surface area (Å²) >= 11 is 1.38. The van der Waals surface area contributed by atoms with Gasteiger partial charge in [0.05, 0.1) is 18.4 Å². The molecule has 3 N–H and O–H groups in total. The van der Waals surface area contributed by atoms with Gasteiger partial charge in [-0.2, -0.15) is 0 Å². The highest BCUT2D eigenvalue weighted by Gasteiger charge is 2.28. The number of tetrazole rings is 1. The van der Waals surface area contributed by atoms with Crippen molar-refractivity contribution in [1.82, 2.24) is 30.2 Å². The summed E-state index contributed by atoms with van der Waals surface area (Å²) in [4.78, 5) is 8.26. The van der Waals surface area contributed by atoms with Gasteiger partial charge >= 0.3 is 0 Å². The number of aromatic nitrogens is 6. The van der Waals surface area contributed by atoms with Crippen molar-refractivity contribution in [3.8, 4) is 0 Å². The topological polar surface area (TPSA) is 107 Å². The maximum absolute atomic E-state index is 5.27. The number of nitrogens with two attached hydrogens (primary N) is 1. The van der Waals surface area contributed by atoms with Gasteiger partial charge in [0.1, 0.15) is 5.03 Å². The second-order valence-corrected chi connectivity index (χ2v) is 4.61. The molecule has 0 aromatic carbocycles. The molecule has 0 amide bonds. The molecule has 1 aliphatic rings. The van der Waals surface area contributed by atoms with Crippen LogP contribution >= 0.6 is 11.8 Å². The molecule has 0 spiro atoms. The number of hydrogen-bond acceptors (Lipinski definition) is 8. The van der Waals surface area contributed by atoms with Crippen LogP contribution in [0.2, 0.25) is 0 Å². The molecule has 1 aliphatic carbocycles. The van der Waals surface area contributed by atoms with Gasteiger partial charge in [-0.3, -0.25) is 4.98 Å².